The third-order valence-electron chi connectivity index (χ3n) is 4.28. The van der Waals surface area contributed by atoms with Crippen LogP contribution in [0.25, 0.3) is 10.9 Å². The highest BCUT2D eigenvalue weighted by Crippen LogP contribution is 2.13. The van der Waals surface area contributed by atoms with Crippen LogP contribution in [0.3, 0.4) is 0 Å². The molecule has 1 saturated heterocycles. The topological polar surface area (TPSA) is 45.7 Å². The minimum atomic E-state index is 0.00603. The van der Waals surface area contributed by atoms with E-state index in [0.717, 1.165) is 50.3 Å². The molecule has 0 bridgehead atoms. The molecule has 1 amide bonds. The fraction of sp³-hybridized carbons (Fsp3) is 0.444. The molecule has 23 heavy (non-hydrogen) atoms. The number of benzene rings is 1. The Morgan fingerprint density at radius 3 is 2.78 bits per heavy atom. The summed E-state index contributed by atoms with van der Waals surface area (Å²) in [5, 5.41) is 1.06. The lowest BCUT2D eigenvalue weighted by Crippen LogP contribution is -2.43. The zero-order valence-electron chi connectivity index (χ0n) is 13.6. The minimum Gasteiger partial charge on any atom is -0.379 e. The van der Waals surface area contributed by atoms with Crippen LogP contribution in [-0.4, -0.2) is 66.6 Å². The number of hydrogen-bond donors (Lipinski definition) is 0. The minimum absolute atomic E-state index is 0.00603. The van der Waals surface area contributed by atoms with Crippen molar-refractivity contribution in [3.8, 4) is 0 Å². The van der Waals surface area contributed by atoms with Crippen LogP contribution in [-0.2, 0) is 4.74 Å². The summed E-state index contributed by atoms with van der Waals surface area (Å²) in [6.07, 6.45) is 0. The van der Waals surface area contributed by atoms with Gasteiger partial charge in [-0.1, -0.05) is 24.3 Å². The molecular formula is C18H23N3O2. The number of pyridine rings is 1. The van der Waals surface area contributed by atoms with Gasteiger partial charge in [0.05, 0.1) is 18.7 Å². The summed E-state index contributed by atoms with van der Waals surface area (Å²) < 4.78 is 5.36. The van der Waals surface area contributed by atoms with E-state index in [2.05, 4.69) is 9.88 Å². The summed E-state index contributed by atoms with van der Waals surface area (Å²) in [6.45, 7) is 7.77. The lowest BCUT2D eigenvalue weighted by molar-refractivity contribution is 0.0327. The Labute approximate surface area is 136 Å². The number of carbonyl (C=O) groups excluding carboxylic acids is 1. The molecule has 1 aliphatic rings. The number of hydrogen-bond acceptors (Lipinski definition) is 4. The zero-order valence-corrected chi connectivity index (χ0v) is 13.6. The first kappa shape index (κ1) is 15.9. The van der Waals surface area contributed by atoms with Gasteiger partial charge in [-0.25, -0.2) is 4.98 Å². The maximum atomic E-state index is 12.7. The quantitative estimate of drug-likeness (QED) is 0.847. The van der Waals surface area contributed by atoms with E-state index in [1.165, 1.54) is 0 Å². The third-order valence-corrected chi connectivity index (χ3v) is 4.28. The summed E-state index contributed by atoms with van der Waals surface area (Å²) in [7, 11) is 0. The number of likely N-dealkylation sites (N-methyl/N-ethyl adjacent to an activating group) is 1. The third kappa shape index (κ3) is 3.86. The standard InChI is InChI=1S/C18H23N3O2/c1-2-21(10-9-20-11-13-23-14-12-20)18(22)17-8-7-15-5-3-4-6-16(15)19-17/h3-8H,2,9-14H2,1H3. The van der Waals surface area contributed by atoms with E-state index in [9.17, 15) is 4.79 Å². The molecule has 0 spiro atoms. The van der Waals surface area contributed by atoms with Crippen molar-refractivity contribution in [1.82, 2.24) is 14.8 Å². The van der Waals surface area contributed by atoms with E-state index in [1.54, 1.807) is 0 Å². The van der Waals surface area contributed by atoms with Crippen molar-refractivity contribution < 1.29 is 9.53 Å². The van der Waals surface area contributed by atoms with Gasteiger partial charge in [-0.2, -0.15) is 0 Å². The van der Waals surface area contributed by atoms with Crippen molar-refractivity contribution in [2.45, 2.75) is 6.92 Å². The van der Waals surface area contributed by atoms with E-state index in [0.29, 0.717) is 12.2 Å². The van der Waals surface area contributed by atoms with Gasteiger partial charge < -0.3 is 9.64 Å². The van der Waals surface area contributed by atoms with Crippen LogP contribution in [0.4, 0.5) is 0 Å². The lowest BCUT2D eigenvalue weighted by Gasteiger charge is -2.29. The van der Waals surface area contributed by atoms with E-state index < -0.39 is 0 Å². The summed E-state index contributed by atoms with van der Waals surface area (Å²) in [4.78, 5) is 21.4. The number of carbonyl (C=O) groups is 1. The molecule has 1 aromatic heterocycles. The number of fused-ring (bicyclic) bond motifs is 1. The van der Waals surface area contributed by atoms with Crippen LogP contribution in [0, 0.1) is 0 Å². The Bertz CT molecular complexity index is 668. The number of para-hydroxylation sites is 1. The van der Waals surface area contributed by atoms with Gasteiger partial charge >= 0.3 is 0 Å². The van der Waals surface area contributed by atoms with Gasteiger partial charge in [-0.3, -0.25) is 9.69 Å². The molecule has 3 rings (SSSR count). The number of amides is 1. The number of ether oxygens (including phenoxy) is 1. The first-order valence-electron chi connectivity index (χ1n) is 8.23. The first-order chi connectivity index (χ1) is 11.3. The summed E-state index contributed by atoms with van der Waals surface area (Å²) in [5.41, 5.74) is 1.38. The van der Waals surface area contributed by atoms with E-state index in [1.807, 2.05) is 48.2 Å². The molecule has 1 aromatic carbocycles. The normalized spacial score (nSPS) is 15.7. The highest BCUT2D eigenvalue weighted by molar-refractivity contribution is 5.94. The average Bonchev–Trinajstić information content (AvgIpc) is 2.62. The van der Waals surface area contributed by atoms with Crippen molar-refractivity contribution >= 4 is 16.8 Å². The van der Waals surface area contributed by atoms with Crippen LogP contribution in [0.5, 0.6) is 0 Å². The molecular weight excluding hydrogens is 290 g/mol. The number of nitrogens with zero attached hydrogens (tertiary/aromatic N) is 3. The lowest BCUT2D eigenvalue weighted by atomic mass is 10.2. The van der Waals surface area contributed by atoms with Gasteiger partial charge in [-0.05, 0) is 19.1 Å². The number of aromatic nitrogens is 1. The monoisotopic (exact) mass is 313 g/mol. The van der Waals surface area contributed by atoms with Crippen LogP contribution in [0.15, 0.2) is 36.4 Å². The molecule has 0 atom stereocenters. The van der Waals surface area contributed by atoms with Gasteiger partial charge in [0.2, 0.25) is 0 Å². The molecule has 0 N–H and O–H groups in total. The second kappa shape index (κ2) is 7.53. The van der Waals surface area contributed by atoms with Gasteiger partial charge in [0, 0.05) is 38.1 Å². The second-order valence-electron chi connectivity index (χ2n) is 5.73. The number of rotatable bonds is 5. The molecule has 1 aliphatic heterocycles. The molecule has 5 heteroatoms. The van der Waals surface area contributed by atoms with Gasteiger partial charge in [0.25, 0.3) is 5.91 Å². The van der Waals surface area contributed by atoms with Crippen molar-refractivity contribution in [3.63, 3.8) is 0 Å². The van der Waals surface area contributed by atoms with Crippen molar-refractivity contribution in [1.29, 1.82) is 0 Å². The summed E-state index contributed by atoms with van der Waals surface area (Å²) >= 11 is 0. The molecule has 2 heterocycles. The molecule has 0 radical (unpaired) electrons. The molecule has 0 saturated carbocycles. The van der Waals surface area contributed by atoms with Crippen LogP contribution < -0.4 is 0 Å². The first-order valence-corrected chi connectivity index (χ1v) is 8.23. The smallest absolute Gasteiger partial charge is 0.272 e. The average molecular weight is 313 g/mol. The molecule has 2 aromatic rings. The van der Waals surface area contributed by atoms with E-state index >= 15 is 0 Å². The fourth-order valence-electron chi connectivity index (χ4n) is 2.84. The fourth-order valence-corrected chi connectivity index (χ4v) is 2.84. The van der Waals surface area contributed by atoms with Gasteiger partial charge in [-0.15, -0.1) is 0 Å². The Kier molecular flexibility index (Phi) is 5.20. The highest BCUT2D eigenvalue weighted by atomic mass is 16.5. The summed E-state index contributed by atoms with van der Waals surface area (Å²) in [6, 6.07) is 11.7. The van der Waals surface area contributed by atoms with Crippen LogP contribution >= 0.6 is 0 Å². The predicted molar refractivity (Wildman–Crippen MR) is 90.6 cm³/mol. The maximum absolute atomic E-state index is 12.7. The SMILES string of the molecule is CCN(CCN1CCOCC1)C(=O)c1ccc2ccccc2n1. The van der Waals surface area contributed by atoms with Crippen molar-refractivity contribution in [3.05, 3.63) is 42.1 Å². The summed E-state index contributed by atoms with van der Waals surface area (Å²) in [5.74, 6) is 0.00603. The molecule has 122 valence electrons. The highest BCUT2D eigenvalue weighted by Gasteiger charge is 2.18. The molecule has 0 aliphatic carbocycles. The maximum Gasteiger partial charge on any atom is 0.272 e. The van der Waals surface area contributed by atoms with E-state index in [-0.39, 0.29) is 5.91 Å². The number of morpholine rings is 1. The van der Waals surface area contributed by atoms with Crippen LogP contribution in [0.1, 0.15) is 17.4 Å². The van der Waals surface area contributed by atoms with Crippen molar-refractivity contribution in [2.24, 2.45) is 0 Å². The Balaban J connectivity index is 1.67. The molecule has 5 nitrogen and oxygen atoms in total. The molecule has 0 unspecified atom stereocenters. The largest absolute Gasteiger partial charge is 0.379 e. The van der Waals surface area contributed by atoms with E-state index in [4.69, 9.17) is 4.74 Å². The van der Waals surface area contributed by atoms with Crippen LogP contribution in [0.2, 0.25) is 0 Å². The Morgan fingerprint density at radius 1 is 1.22 bits per heavy atom. The zero-order chi connectivity index (χ0) is 16.1. The molecule has 1 fully saturated rings. The second-order valence-corrected chi connectivity index (χ2v) is 5.73. The van der Waals surface area contributed by atoms with Gasteiger partial charge in [0.1, 0.15) is 5.69 Å². The Morgan fingerprint density at radius 2 is 2.00 bits per heavy atom. The van der Waals surface area contributed by atoms with Crippen molar-refractivity contribution in [2.75, 3.05) is 45.9 Å². The van der Waals surface area contributed by atoms with Gasteiger partial charge in [0.15, 0.2) is 0 Å². The Hall–Kier alpha value is -1.98. The predicted octanol–water partition coefficient (Wildman–Crippen LogP) is 2.03.